The van der Waals surface area contributed by atoms with Crippen LogP contribution in [0.4, 0.5) is 4.39 Å². The van der Waals surface area contributed by atoms with Gasteiger partial charge in [0.05, 0.1) is 26.2 Å². The molecule has 1 heterocycles. The molecule has 8 nitrogen and oxygen atoms in total. The lowest BCUT2D eigenvalue weighted by molar-refractivity contribution is 0.392. The first-order valence-corrected chi connectivity index (χ1v) is 10.4. The molecule has 158 valence electrons. The van der Waals surface area contributed by atoms with Crippen LogP contribution < -0.4 is 19.8 Å². The van der Waals surface area contributed by atoms with E-state index in [1.165, 1.54) is 67.6 Å². The van der Waals surface area contributed by atoms with Crippen molar-refractivity contribution in [1.82, 2.24) is 14.3 Å². The molecule has 0 spiro atoms. The molecule has 3 aromatic rings. The molecular weight excluding hydrogens is 413 g/mol. The molecule has 0 saturated carbocycles. The van der Waals surface area contributed by atoms with Crippen LogP contribution >= 0.6 is 0 Å². The highest BCUT2D eigenvalue weighted by Gasteiger charge is 2.20. The molecular formula is C20H20FN3O5S. The molecule has 1 aromatic heterocycles. The number of sulfonamides is 1. The monoisotopic (exact) mass is 433 g/mol. The molecule has 0 unspecified atom stereocenters. The van der Waals surface area contributed by atoms with Gasteiger partial charge in [0.1, 0.15) is 22.2 Å². The second-order valence-corrected chi connectivity index (χ2v) is 7.96. The molecule has 0 aliphatic rings. The molecule has 1 N–H and O–H groups in total. The molecule has 2 aromatic carbocycles. The number of aromatic nitrogens is 2. The lowest BCUT2D eigenvalue weighted by Crippen LogP contribution is -2.31. The van der Waals surface area contributed by atoms with E-state index < -0.39 is 10.0 Å². The van der Waals surface area contributed by atoms with Gasteiger partial charge in [-0.05, 0) is 36.4 Å². The van der Waals surface area contributed by atoms with Crippen LogP contribution in [0.3, 0.4) is 0 Å². The van der Waals surface area contributed by atoms with Crippen molar-refractivity contribution in [3.05, 3.63) is 71.0 Å². The Bertz CT molecular complexity index is 1190. The van der Waals surface area contributed by atoms with Crippen LogP contribution in [0.25, 0.3) is 11.3 Å². The summed E-state index contributed by atoms with van der Waals surface area (Å²) in [5, 5.41) is 0. The van der Waals surface area contributed by atoms with E-state index in [-0.39, 0.29) is 35.1 Å². The topological polar surface area (TPSA) is 99.5 Å². The number of rotatable bonds is 8. The number of hydrogen-bond donors (Lipinski definition) is 1. The van der Waals surface area contributed by atoms with E-state index in [2.05, 4.69) is 9.71 Å². The van der Waals surface area contributed by atoms with Gasteiger partial charge in [-0.2, -0.15) is 0 Å². The summed E-state index contributed by atoms with van der Waals surface area (Å²) in [6.45, 7) is 0.0290. The highest BCUT2D eigenvalue weighted by atomic mass is 32.2. The van der Waals surface area contributed by atoms with Crippen molar-refractivity contribution in [2.45, 2.75) is 11.4 Å². The predicted molar refractivity (Wildman–Crippen MR) is 109 cm³/mol. The zero-order valence-corrected chi connectivity index (χ0v) is 17.1. The van der Waals surface area contributed by atoms with Gasteiger partial charge in [0, 0.05) is 30.8 Å². The van der Waals surface area contributed by atoms with Crippen LogP contribution in [0, 0.1) is 5.82 Å². The largest absolute Gasteiger partial charge is 0.497 e. The van der Waals surface area contributed by atoms with Gasteiger partial charge in [-0.25, -0.2) is 22.5 Å². The van der Waals surface area contributed by atoms with E-state index in [9.17, 15) is 17.6 Å². The van der Waals surface area contributed by atoms with Gasteiger partial charge < -0.3 is 9.47 Å². The van der Waals surface area contributed by atoms with Gasteiger partial charge in [-0.15, -0.1) is 0 Å². The first-order valence-electron chi connectivity index (χ1n) is 8.88. The zero-order chi connectivity index (χ0) is 21.7. The smallest absolute Gasteiger partial charge is 0.253 e. The van der Waals surface area contributed by atoms with Crippen molar-refractivity contribution in [1.29, 1.82) is 0 Å². The van der Waals surface area contributed by atoms with Gasteiger partial charge in [0.25, 0.3) is 5.56 Å². The number of nitrogens with zero attached hydrogens (tertiary/aromatic N) is 2. The van der Waals surface area contributed by atoms with Gasteiger partial charge in [0.15, 0.2) is 0 Å². The van der Waals surface area contributed by atoms with Crippen molar-refractivity contribution >= 4 is 10.0 Å². The minimum absolute atomic E-state index is 0.0415. The van der Waals surface area contributed by atoms with Crippen LogP contribution in [-0.2, 0) is 16.6 Å². The second-order valence-electron chi connectivity index (χ2n) is 6.23. The fourth-order valence-corrected chi connectivity index (χ4v) is 3.95. The van der Waals surface area contributed by atoms with Crippen molar-refractivity contribution in [3.63, 3.8) is 0 Å². The van der Waals surface area contributed by atoms with Crippen LogP contribution in [0.2, 0.25) is 0 Å². The summed E-state index contributed by atoms with van der Waals surface area (Å²) < 4.78 is 52.2. The second kappa shape index (κ2) is 9.06. The molecule has 0 bridgehead atoms. The van der Waals surface area contributed by atoms with Crippen molar-refractivity contribution in [2.75, 3.05) is 20.8 Å². The zero-order valence-electron chi connectivity index (χ0n) is 16.3. The molecule has 10 heteroatoms. The normalized spacial score (nSPS) is 11.3. The standard InChI is InChI=1S/C20H20FN3O5S/c1-28-16-7-8-18(29-2)19(11-16)30(26,27)23-9-10-24-13-22-17(12-20(24)25)14-3-5-15(21)6-4-14/h3-8,11-13,23H,9-10H2,1-2H3. The van der Waals surface area contributed by atoms with Gasteiger partial charge in [-0.3, -0.25) is 9.36 Å². The molecule has 0 radical (unpaired) electrons. The summed E-state index contributed by atoms with van der Waals surface area (Å²) in [5.41, 5.74) is 0.645. The molecule has 3 rings (SSSR count). The van der Waals surface area contributed by atoms with E-state index in [0.29, 0.717) is 17.0 Å². The number of methoxy groups -OCH3 is 2. The summed E-state index contributed by atoms with van der Waals surface area (Å²) in [7, 11) is -1.10. The molecule has 30 heavy (non-hydrogen) atoms. The molecule has 0 saturated heterocycles. The SMILES string of the molecule is COc1ccc(OC)c(S(=O)(=O)NCCn2cnc(-c3ccc(F)cc3)cc2=O)c1. The fraction of sp³-hybridized carbons (Fsp3) is 0.200. The number of hydrogen-bond acceptors (Lipinski definition) is 6. The summed E-state index contributed by atoms with van der Waals surface area (Å²) in [6, 6.07) is 11.4. The molecule has 0 amide bonds. The Hall–Kier alpha value is -3.24. The number of ether oxygens (including phenoxy) is 2. The average molecular weight is 433 g/mol. The maximum absolute atomic E-state index is 13.0. The maximum Gasteiger partial charge on any atom is 0.253 e. The Balaban J connectivity index is 1.72. The quantitative estimate of drug-likeness (QED) is 0.584. The van der Waals surface area contributed by atoms with Crippen molar-refractivity contribution in [2.24, 2.45) is 0 Å². The van der Waals surface area contributed by atoms with E-state index in [0.717, 1.165) is 0 Å². The number of benzene rings is 2. The molecule has 0 aliphatic heterocycles. The summed E-state index contributed by atoms with van der Waals surface area (Å²) in [6.07, 6.45) is 1.32. The van der Waals surface area contributed by atoms with Gasteiger partial charge in [-0.1, -0.05) is 0 Å². The van der Waals surface area contributed by atoms with E-state index in [1.54, 1.807) is 6.07 Å². The lowest BCUT2D eigenvalue weighted by atomic mass is 10.1. The third-order valence-corrected chi connectivity index (χ3v) is 5.81. The highest BCUT2D eigenvalue weighted by Crippen LogP contribution is 2.27. The van der Waals surface area contributed by atoms with Crippen LogP contribution in [0.5, 0.6) is 11.5 Å². The minimum Gasteiger partial charge on any atom is -0.497 e. The Morgan fingerprint density at radius 3 is 2.43 bits per heavy atom. The lowest BCUT2D eigenvalue weighted by Gasteiger charge is -2.12. The van der Waals surface area contributed by atoms with Gasteiger partial charge in [0.2, 0.25) is 10.0 Å². The highest BCUT2D eigenvalue weighted by molar-refractivity contribution is 7.89. The van der Waals surface area contributed by atoms with Crippen LogP contribution in [0.15, 0.2) is 64.5 Å². The summed E-state index contributed by atoms with van der Waals surface area (Å²) >= 11 is 0. The van der Waals surface area contributed by atoms with E-state index >= 15 is 0 Å². The van der Waals surface area contributed by atoms with Crippen molar-refractivity contribution < 1.29 is 22.3 Å². The first kappa shape index (κ1) is 21.5. The third-order valence-electron chi connectivity index (χ3n) is 4.32. The van der Waals surface area contributed by atoms with Crippen LogP contribution in [0.1, 0.15) is 0 Å². The first-order chi connectivity index (χ1) is 14.3. The molecule has 0 atom stereocenters. The molecule has 0 aliphatic carbocycles. The minimum atomic E-state index is -3.90. The van der Waals surface area contributed by atoms with E-state index in [1.807, 2.05) is 0 Å². The molecule has 0 fully saturated rings. The summed E-state index contributed by atoms with van der Waals surface area (Å²) in [4.78, 5) is 16.4. The Morgan fingerprint density at radius 1 is 1.07 bits per heavy atom. The summed E-state index contributed by atoms with van der Waals surface area (Å²) in [5.74, 6) is 0.158. The Morgan fingerprint density at radius 2 is 1.80 bits per heavy atom. The maximum atomic E-state index is 13.0. The predicted octanol–water partition coefficient (Wildman–Crippen LogP) is 2.05. The Labute approximate surface area is 173 Å². The third kappa shape index (κ3) is 4.84. The fourth-order valence-electron chi connectivity index (χ4n) is 2.74. The number of nitrogens with one attached hydrogen (secondary N) is 1. The Kier molecular flexibility index (Phi) is 6.48. The number of halogens is 1. The van der Waals surface area contributed by atoms with Crippen molar-refractivity contribution in [3.8, 4) is 22.8 Å². The van der Waals surface area contributed by atoms with E-state index in [4.69, 9.17) is 9.47 Å². The van der Waals surface area contributed by atoms with Crippen LogP contribution in [-0.4, -0.2) is 38.7 Å². The van der Waals surface area contributed by atoms with Gasteiger partial charge >= 0.3 is 0 Å². The average Bonchev–Trinajstić information content (AvgIpc) is 2.74.